The number of hydrogen-bond acceptors (Lipinski definition) is 5. The minimum atomic E-state index is -0.362. The summed E-state index contributed by atoms with van der Waals surface area (Å²) < 4.78 is 15.0. The number of amides is 1. The minimum absolute atomic E-state index is 0.168. The molecule has 0 atom stereocenters. The molecule has 8 nitrogen and oxygen atoms in total. The Morgan fingerprint density at radius 2 is 2.00 bits per heavy atom. The second-order valence-corrected chi connectivity index (χ2v) is 7.43. The van der Waals surface area contributed by atoms with Crippen molar-refractivity contribution in [1.29, 1.82) is 0 Å². The second-order valence-electron chi connectivity index (χ2n) is 7.03. The molecule has 160 valence electrons. The van der Waals surface area contributed by atoms with Gasteiger partial charge in [-0.1, -0.05) is 23.7 Å². The smallest absolute Gasteiger partial charge is 0.291 e. The van der Waals surface area contributed by atoms with Gasteiger partial charge >= 0.3 is 0 Å². The lowest BCUT2D eigenvalue weighted by Crippen LogP contribution is -2.10. The molecule has 0 radical (unpaired) electrons. The summed E-state index contributed by atoms with van der Waals surface area (Å²) >= 11 is 6.17. The first-order valence-corrected chi connectivity index (χ1v) is 10.2. The van der Waals surface area contributed by atoms with Crippen molar-refractivity contribution < 1.29 is 13.9 Å². The largest absolute Gasteiger partial charge is 0.484 e. The number of ether oxygens (including phenoxy) is 1. The van der Waals surface area contributed by atoms with Gasteiger partial charge in [-0.05, 0) is 37.6 Å². The zero-order valence-corrected chi connectivity index (χ0v) is 18.0. The molecular weight excluding hydrogens is 418 g/mol. The fraction of sp³-hybridized carbons (Fsp3) is 0.227. The number of aromatic nitrogens is 4. The summed E-state index contributed by atoms with van der Waals surface area (Å²) in [4.78, 5) is 12.5. The van der Waals surface area contributed by atoms with Gasteiger partial charge in [0.2, 0.25) is 0 Å². The first kappa shape index (κ1) is 20.7. The van der Waals surface area contributed by atoms with Crippen molar-refractivity contribution in [2.24, 2.45) is 0 Å². The highest BCUT2D eigenvalue weighted by Gasteiger charge is 2.14. The van der Waals surface area contributed by atoms with Crippen LogP contribution in [0.3, 0.4) is 0 Å². The molecule has 0 spiro atoms. The molecule has 0 bridgehead atoms. The highest BCUT2D eigenvalue weighted by Crippen LogP contribution is 2.28. The molecule has 1 aromatic carbocycles. The van der Waals surface area contributed by atoms with E-state index in [-0.39, 0.29) is 18.3 Å². The van der Waals surface area contributed by atoms with Crippen LogP contribution in [0.4, 0.5) is 5.69 Å². The number of anilines is 1. The highest BCUT2D eigenvalue weighted by atomic mass is 35.5. The molecule has 0 saturated carbocycles. The van der Waals surface area contributed by atoms with Crippen molar-refractivity contribution in [2.75, 3.05) is 5.32 Å². The van der Waals surface area contributed by atoms with Gasteiger partial charge in [0.15, 0.2) is 5.76 Å². The van der Waals surface area contributed by atoms with E-state index < -0.39 is 0 Å². The summed E-state index contributed by atoms with van der Waals surface area (Å²) in [5.41, 5.74) is 2.54. The molecule has 4 aromatic rings. The van der Waals surface area contributed by atoms with E-state index in [1.807, 2.05) is 36.9 Å². The van der Waals surface area contributed by atoms with Crippen molar-refractivity contribution in [1.82, 2.24) is 19.6 Å². The Hall–Kier alpha value is -3.52. The van der Waals surface area contributed by atoms with E-state index in [2.05, 4.69) is 15.5 Å². The molecule has 31 heavy (non-hydrogen) atoms. The molecule has 4 rings (SSSR count). The molecule has 1 N–H and O–H groups in total. The average Bonchev–Trinajstić information content (AvgIpc) is 3.49. The molecular formula is C22H22ClN5O3. The van der Waals surface area contributed by atoms with Crippen LogP contribution >= 0.6 is 11.6 Å². The Labute approximate surface area is 184 Å². The van der Waals surface area contributed by atoms with Crippen molar-refractivity contribution in [3.8, 4) is 5.75 Å². The Morgan fingerprint density at radius 3 is 2.77 bits per heavy atom. The lowest BCUT2D eigenvalue weighted by atomic mass is 10.2. The topological polar surface area (TPSA) is 87.1 Å². The molecule has 0 aliphatic rings. The van der Waals surface area contributed by atoms with Gasteiger partial charge in [-0.3, -0.25) is 14.2 Å². The Bertz CT molecular complexity index is 1170. The van der Waals surface area contributed by atoms with E-state index in [0.717, 1.165) is 17.7 Å². The van der Waals surface area contributed by atoms with Crippen LogP contribution in [0.25, 0.3) is 0 Å². The maximum atomic E-state index is 12.5. The predicted octanol–water partition coefficient (Wildman–Crippen LogP) is 4.53. The van der Waals surface area contributed by atoms with Crippen LogP contribution in [0.2, 0.25) is 5.02 Å². The lowest BCUT2D eigenvalue weighted by Gasteiger charge is -2.09. The van der Waals surface area contributed by atoms with Gasteiger partial charge in [0.05, 0.1) is 29.6 Å². The predicted molar refractivity (Wildman–Crippen MR) is 116 cm³/mol. The maximum Gasteiger partial charge on any atom is 0.291 e. The zero-order chi connectivity index (χ0) is 21.8. The third-order valence-corrected chi connectivity index (χ3v) is 4.95. The number of carbonyl (C=O) groups is 1. The summed E-state index contributed by atoms with van der Waals surface area (Å²) in [7, 11) is 0. The van der Waals surface area contributed by atoms with Crippen LogP contribution < -0.4 is 10.1 Å². The Morgan fingerprint density at radius 1 is 1.16 bits per heavy atom. The van der Waals surface area contributed by atoms with Crippen LogP contribution in [-0.2, 0) is 19.7 Å². The van der Waals surface area contributed by atoms with E-state index in [1.54, 1.807) is 41.5 Å². The van der Waals surface area contributed by atoms with Gasteiger partial charge in [-0.25, -0.2) is 0 Å². The Kier molecular flexibility index (Phi) is 6.08. The van der Waals surface area contributed by atoms with Crippen LogP contribution in [0, 0.1) is 6.92 Å². The van der Waals surface area contributed by atoms with Crippen molar-refractivity contribution in [3.05, 3.63) is 82.8 Å². The average molecular weight is 440 g/mol. The third kappa shape index (κ3) is 4.97. The van der Waals surface area contributed by atoms with E-state index in [1.165, 1.54) is 0 Å². The molecule has 0 saturated heterocycles. The van der Waals surface area contributed by atoms with E-state index >= 15 is 0 Å². The molecule has 3 heterocycles. The molecule has 0 unspecified atom stereocenters. The number of halogens is 1. The number of rotatable bonds is 8. The van der Waals surface area contributed by atoms with Crippen molar-refractivity contribution in [3.63, 3.8) is 0 Å². The number of aryl methyl sites for hydroxylation is 2. The van der Waals surface area contributed by atoms with Gasteiger partial charge < -0.3 is 14.5 Å². The van der Waals surface area contributed by atoms with Crippen molar-refractivity contribution in [2.45, 2.75) is 33.5 Å². The first-order valence-electron chi connectivity index (χ1n) is 9.83. The van der Waals surface area contributed by atoms with Gasteiger partial charge in [0.1, 0.15) is 18.1 Å². The number of benzene rings is 1. The van der Waals surface area contributed by atoms with E-state index in [4.69, 9.17) is 20.8 Å². The lowest BCUT2D eigenvalue weighted by molar-refractivity contribution is 0.0992. The quantitative estimate of drug-likeness (QED) is 0.435. The van der Waals surface area contributed by atoms with Crippen LogP contribution in [0.1, 0.15) is 34.4 Å². The Balaban J connectivity index is 1.34. The highest BCUT2D eigenvalue weighted by molar-refractivity contribution is 6.32. The zero-order valence-electron chi connectivity index (χ0n) is 17.2. The molecule has 0 aliphatic carbocycles. The van der Waals surface area contributed by atoms with Gasteiger partial charge in [-0.2, -0.15) is 10.2 Å². The number of hydrogen-bond donors (Lipinski definition) is 1. The number of nitrogens with one attached hydrogen (secondary N) is 1. The second kappa shape index (κ2) is 9.09. The molecule has 1 amide bonds. The molecule has 0 fully saturated rings. The number of carbonyl (C=O) groups excluding carboxylic acids is 1. The molecule has 3 aromatic heterocycles. The van der Waals surface area contributed by atoms with E-state index in [9.17, 15) is 4.79 Å². The van der Waals surface area contributed by atoms with Crippen LogP contribution in [0.5, 0.6) is 5.75 Å². The van der Waals surface area contributed by atoms with E-state index in [0.29, 0.717) is 28.8 Å². The maximum absolute atomic E-state index is 12.5. The fourth-order valence-electron chi connectivity index (χ4n) is 3.08. The minimum Gasteiger partial charge on any atom is -0.484 e. The standard InChI is InChI=1S/C22H22ClN5O3/c1-3-27-11-16(9-24-27)12-28-13-17(10-25-28)26-22(29)20-8-7-18(31-20)14-30-21-15(2)5-4-6-19(21)23/h4-11,13H,3,12,14H2,1-2H3,(H,26,29). The number of para-hydroxylation sites is 1. The monoisotopic (exact) mass is 439 g/mol. The van der Waals surface area contributed by atoms with Gasteiger partial charge in [-0.15, -0.1) is 0 Å². The first-order chi connectivity index (χ1) is 15.0. The SMILES string of the molecule is CCn1cc(Cn2cc(NC(=O)c3ccc(COc4c(C)cccc4Cl)o3)cn2)cn1. The molecule has 0 aliphatic heterocycles. The normalized spacial score (nSPS) is 10.9. The third-order valence-electron chi connectivity index (χ3n) is 4.65. The van der Waals surface area contributed by atoms with Gasteiger partial charge in [0.25, 0.3) is 5.91 Å². The van der Waals surface area contributed by atoms with Crippen molar-refractivity contribution >= 4 is 23.2 Å². The fourth-order valence-corrected chi connectivity index (χ4v) is 3.35. The van der Waals surface area contributed by atoms with Crippen LogP contribution in [0.15, 0.2) is 59.5 Å². The van der Waals surface area contributed by atoms with Gasteiger partial charge in [0, 0.05) is 24.5 Å². The summed E-state index contributed by atoms with van der Waals surface area (Å²) in [6, 6.07) is 8.85. The summed E-state index contributed by atoms with van der Waals surface area (Å²) in [6.07, 6.45) is 7.13. The van der Waals surface area contributed by atoms with Crippen LogP contribution in [-0.4, -0.2) is 25.5 Å². The number of furan rings is 1. The summed E-state index contributed by atoms with van der Waals surface area (Å²) in [5.74, 6) is 0.946. The summed E-state index contributed by atoms with van der Waals surface area (Å²) in [5, 5.41) is 11.8. The summed E-state index contributed by atoms with van der Waals surface area (Å²) in [6.45, 7) is 5.50. The number of nitrogens with zero attached hydrogens (tertiary/aromatic N) is 4. The molecule has 9 heteroatoms.